The van der Waals surface area contributed by atoms with Crippen LogP contribution in [-0.2, 0) is 12.8 Å². The van der Waals surface area contributed by atoms with E-state index in [9.17, 15) is 5.11 Å². The molecule has 2 atom stereocenters. The summed E-state index contributed by atoms with van der Waals surface area (Å²) in [6, 6.07) is 7.98. The third-order valence-electron chi connectivity index (χ3n) is 5.63. The van der Waals surface area contributed by atoms with Gasteiger partial charge in [-0.1, -0.05) is 12.1 Å². The first-order valence-corrected chi connectivity index (χ1v) is 9.45. The third kappa shape index (κ3) is 3.10. The van der Waals surface area contributed by atoms with Gasteiger partial charge >= 0.3 is 0 Å². The molecule has 1 aliphatic heterocycles. The zero-order valence-electron chi connectivity index (χ0n) is 16.1. The average Bonchev–Trinajstić information content (AvgIpc) is 2.72. The van der Waals surface area contributed by atoms with E-state index < -0.39 is 6.10 Å². The maximum absolute atomic E-state index is 10.8. The Hall–Kier alpha value is -2.40. The van der Waals surface area contributed by atoms with Crippen LogP contribution in [0.5, 0.6) is 23.0 Å². The Morgan fingerprint density at radius 2 is 1.67 bits per heavy atom. The fraction of sp³-hybridized carbons (Fsp3) is 0.455. The molecule has 1 N–H and O–H groups in total. The van der Waals surface area contributed by atoms with Crippen molar-refractivity contribution in [3.63, 3.8) is 0 Å². The first kappa shape index (κ1) is 18.0. The highest BCUT2D eigenvalue weighted by Gasteiger charge is 2.32. The maximum atomic E-state index is 10.8. The summed E-state index contributed by atoms with van der Waals surface area (Å²) in [4.78, 5) is 0. The van der Waals surface area contributed by atoms with E-state index in [0.29, 0.717) is 23.7 Å². The SMILES string of the molecule is COc1cc(C2CC(O)c3ccc4c(c3O2)CCCC4)cc(OC)c1OC. The van der Waals surface area contributed by atoms with Gasteiger partial charge in [0, 0.05) is 17.5 Å². The molecule has 2 unspecified atom stereocenters. The maximum Gasteiger partial charge on any atom is 0.203 e. The van der Waals surface area contributed by atoms with Crippen LogP contribution >= 0.6 is 0 Å². The van der Waals surface area contributed by atoms with E-state index in [-0.39, 0.29) is 6.10 Å². The lowest BCUT2D eigenvalue weighted by molar-refractivity contribution is 0.0643. The van der Waals surface area contributed by atoms with Crippen molar-refractivity contribution >= 4 is 0 Å². The highest BCUT2D eigenvalue weighted by atomic mass is 16.5. The molecule has 4 rings (SSSR count). The summed E-state index contributed by atoms with van der Waals surface area (Å²) < 4.78 is 22.8. The summed E-state index contributed by atoms with van der Waals surface area (Å²) in [7, 11) is 4.79. The predicted molar refractivity (Wildman–Crippen MR) is 102 cm³/mol. The Morgan fingerprint density at radius 3 is 2.33 bits per heavy atom. The molecule has 27 heavy (non-hydrogen) atoms. The van der Waals surface area contributed by atoms with Crippen LogP contribution in [0.4, 0.5) is 0 Å². The molecule has 0 amide bonds. The van der Waals surface area contributed by atoms with Crippen molar-refractivity contribution in [3.8, 4) is 23.0 Å². The number of aryl methyl sites for hydroxylation is 1. The molecule has 0 saturated carbocycles. The zero-order chi connectivity index (χ0) is 19.0. The van der Waals surface area contributed by atoms with E-state index >= 15 is 0 Å². The summed E-state index contributed by atoms with van der Waals surface area (Å²) in [5.41, 5.74) is 4.41. The number of fused-ring (bicyclic) bond motifs is 3. The van der Waals surface area contributed by atoms with Crippen LogP contribution in [0.2, 0.25) is 0 Å². The number of ether oxygens (including phenoxy) is 4. The second kappa shape index (κ2) is 7.31. The monoisotopic (exact) mass is 370 g/mol. The molecule has 0 radical (unpaired) electrons. The van der Waals surface area contributed by atoms with Crippen LogP contribution in [0.3, 0.4) is 0 Å². The Kier molecular flexibility index (Phi) is 4.87. The molecule has 2 aromatic rings. The van der Waals surface area contributed by atoms with Gasteiger partial charge in [0.1, 0.15) is 11.9 Å². The van der Waals surface area contributed by atoms with Crippen LogP contribution in [0.25, 0.3) is 0 Å². The van der Waals surface area contributed by atoms with E-state index in [1.54, 1.807) is 21.3 Å². The quantitative estimate of drug-likeness (QED) is 0.876. The van der Waals surface area contributed by atoms with Gasteiger partial charge in [0.25, 0.3) is 0 Å². The van der Waals surface area contributed by atoms with E-state index in [4.69, 9.17) is 18.9 Å². The second-order valence-electron chi connectivity index (χ2n) is 7.15. The van der Waals surface area contributed by atoms with Gasteiger partial charge in [0.2, 0.25) is 5.75 Å². The number of methoxy groups -OCH3 is 3. The molecule has 0 spiro atoms. The van der Waals surface area contributed by atoms with Gasteiger partial charge < -0.3 is 24.1 Å². The van der Waals surface area contributed by atoms with Crippen LogP contribution < -0.4 is 18.9 Å². The lowest BCUT2D eigenvalue weighted by Crippen LogP contribution is -2.21. The summed E-state index contributed by atoms with van der Waals surface area (Å²) in [6.07, 6.45) is 4.14. The molecule has 144 valence electrons. The molecule has 0 saturated heterocycles. The molecule has 2 aromatic carbocycles. The van der Waals surface area contributed by atoms with Crippen LogP contribution in [0.15, 0.2) is 24.3 Å². The molecule has 5 heteroatoms. The Labute approximate surface area is 159 Å². The number of hydrogen-bond acceptors (Lipinski definition) is 5. The molecule has 2 aliphatic rings. The fourth-order valence-corrected chi connectivity index (χ4v) is 4.23. The fourth-order valence-electron chi connectivity index (χ4n) is 4.23. The standard InChI is InChI=1S/C22H26O5/c1-24-19-10-14(11-20(25-2)22(19)26-3)18-12-17(23)16-9-8-13-6-4-5-7-15(13)21(16)27-18/h8-11,17-18,23H,4-7,12H2,1-3H3. The molecule has 5 nitrogen and oxygen atoms in total. The van der Waals surface area contributed by atoms with E-state index in [2.05, 4.69) is 6.07 Å². The average molecular weight is 370 g/mol. The Morgan fingerprint density at radius 1 is 0.963 bits per heavy atom. The number of rotatable bonds is 4. The lowest BCUT2D eigenvalue weighted by atomic mass is 9.85. The number of hydrogen-bond donors (Lipinski definition) is 1. The topological polar surface area (TPSA) is 57.2 Å². The highest BCUT2D eigenvalue weighted by Crippen LogP contribution is 2.47. The molecular weight excluding hydrogens is 344 g/mol. The number of benzene rings is 2. The Bertz CT molecular complexity index is 820. The molecule has 1 aliphatic carbocycles. The molecule has 0 fully saturated rings. The van der Waals surface area contributed by atoms with Crippen molar-refractivity contribution in [3.05, 3.63) is 46.5 Å². The van der Waals surface area contributed by atoms with Crippen LogP contribution in [0, 0.1) is 0 Å². The summed E-state index contributed by atoms with van der Waals surface area (Å²) in [6.45, 7) is 0. The van der Waals surface area contributed by atoms with Gasteiger partial charge in [0.05, 0.1) is 27.4 Å². The molecule has 1 heterocycles. The van der Waals surface area contributed by atoms with Crippen molar-refractivity contribution in [2.45, 2.75) is 44.3 Å². The van der Waals surface area contributed by atoms with Crippen molar-refractivity contribution in [2.24, 2.45) is 0 Å². The Balaban J connectivity index is 1.75. The predicted octanol–water partition coefficient (Wildman–Crippen LogP) is 4.15. The second-order valence-corrected chi connectivity index (χ2v) is 7.15. The minimum absolute atomic E-state index is 0.269. The van der Waals surface area contributed by atoms with Gasteiger partial charge in [0.15, 0.2) is 11.5 Å². The first-order chi connectivity index (χ1) is 13.2. The zero-order valence-corrected chi connectivity index (χ0v) is 16.1. The van der Waals surface area contributed by atoms with Gasteiger partial charge in [-0.15, -0.1) is 0 Å². The van der Waals surface area contributed by atoms with E-state index in [1.807, 2.05) is 18.2 Å². The summed E-state index contributed by atoms with van der Waals surface area (Å²) >= 11 is 0. The van der Waals surface area contributed by atoms with Crippen molar-refractivity contribution in [2.75, 3.05) is 21.3 Å². The minimum Gasteiger partial charge on any atom is -0.493 e. The third-order valence-corrected chi connectivity index (χ3v) is 5.63. The van der Waals surface area contributed by atoms with Crippen LogP contribution in [0.1, 0.15) is 53.7 Å². The molecule has 0 bridgehead atoms. The number of aliphatic hydroxyl groups excluding tert-OH is 1. The highest BCUT2D eigenvalue weighted by molar-refractivity contribution is 5.55. The van der Waals surface area contributed by atoms with E-state index in [0.717, 1.165) is 36.1 Å². The lowest BCUT2D eigenvalue weighted by Gasteiger charge is -2.33. The summed E-state index contributed by atoms with van der Waals surface area (Å²) in [5.74, 6) is 2.60. The molecular formula is C22H26O5. The normalized spacial score (nSPS) is 20.9. The van der Waals surface area contributed by atoms with Crippen molar-refractivity contribution in [1.29, 1.82) is 0 Å². The summed E-state index contributed by atoms with van der Waals surface area (Å²) in [5, 5.41) is 10.8. The van der Waals surface area contributed by atoms with Crippen molar-refractivity contribution in [1.82, 2.24) is 0 Å². The number of aliphatic hydroxyl groups is 1. The van der Waals surface area contributed by atoms with Crippen LogP contribution in [-0.4, -0.2) is 26.4 Å². The minimum atomic E-state index is -0.551. The van der Waals surface area contributed by atoms with Gasteiger partial charge in [-0.05, 0) is 48.9 Å². The van der Waals surface area contributed by atoms with Crippen molar-refractivity contribution < 1.29 is 24.1 Å². The van der Waals surface area contributed by atoms with Gasteiger partial charge in [-0.25, -0.2) is 0 Å². The van der Waals surface area contributed by atoms with Gasteiger partial charge in [-0.2, -0.15) is 0 Å². The largest absolute Gasteiger partial charge is 0.493 e. The van der Waals surface area contributed by atoms with Gasteiger partial charge in [-0.3, -0.25) is 0 Å². The van der Waals surface area contributed by atoms with E-state index in [1.165, 1.54) is 17.5 Å². The molecule has 0 aromatic heterocycles. The first-order valence-electron chi connectivity index (χ1n) is 9.45. The smallest absolute Gasteiger partial charge is 0.203 e.